The Morgan fingerprint density at radius 2 is 2.00 bits per heavy atom. The molecule has 0 bridgehead atoms. The van der Waals surface area contributed by atoms with Gasteiger partial charge in [-0.05, 0) is 39.7 Å². The Bertz CT molecular complexity index is 474. The van der Waals surface area contributed by atoms with Gasteiger partial charge in [0.2, 0.25) is 5.91 Å². The van der Waals surface area contributed by atoms with E-state index in [2.05, 4.69) is 10.8 Å². The van der Waals surface area contributed by atoms with Gasteiger partial charge >= 0.3 is 5.97 Å². The molecule has 0 aromatic carbocycles. The molecule has 0 N–H and O–H groups in total. The van der Waals surface area contributed by atoms with Crippen molar-refractivity contribution in [3.05, 3.63) is 0 Å². The highest BCUT2D eigenvalue weighted by molar-refractivity contribution is 5.86. The summed E-state index contributed by atoms with van der Waals surface area (Å²) in [6.07, 6.45) is 6.11. The van der Waals surface area contributed by atoms with E-state index in [0.29, 0.717) is 13.1 Å². The van der Waals surface area contributed by atoms with Crippen molar-refractivity contribution >= 4 is 11.9 Å². The fraction of sp³-hybridized carbons (Fsp3) is 0.778. The molecule has 5 nitrogen and oxygen atoms in total. The number of terminal acetylenes is 1. The quantitative estimate of drug-likeness (QED) is 0.572. The average Bonchev–Trinajstić information content (AvgIpc) is 2.84. The summed E-state index contributed by atoms with van der Waals surface area (Å²) in [6.45, 7) is 11.4. The van der Waals surface area contributed by atoms with Crippen molar-refractivity contribution in [2.75, 3.05) is 26.7 Å². The van der Waals surface area contributed by atoms with Crippen molar-refractivity contribution in [2.45, 2.75) is 52.7 Å². The van der Waals surface area contributed by atoms with Crippen LogP contribution in [0.15, 0.2) is 0 Å². The molecule has 1 heterocycles. The molecule has 1 fully saturated rings. The highest BCUT2D eigenvalue weighted by Crippen LogP contribution is 2.22. The summed E-state index contributed by atoms with van der Waals surface area (Å²) < 4.78 is 5.49. The first kappa shape index (κ1) is 19.5. The number of carbonyl (C=O) groups excluding carboxylic acids is 2. The summed E-state index contributed by atoms with van der Waals surface area (Å²) in [5, 5.41) is 0. The van der Waals surface area contributed by atoms with Crippen LogP contribution >= 0.6 is 0 Å². The number of amides is 1. The lowest BCUT2D eigenvalue weighted by atomic mass is 9.99. The van der Waals surface area contributed by atoms with E-state index in [0.717, 1.165) is 13.0 Å². The van der Waals surface area contributed by atoms with E-state index >= 15 is 0 Å². The lowest BCUT2D eigenvalue weighted by Gasteiger charge is -2.33. The van der Waals surface area contributed by atoms with Gasteiger partial charge in [0.05, 0.1) is 12.5 Å². The van der Waals surface area contributed by atoms with Crippen LogP contribution in [0.2, 0.25) is 0 Å². The highest BCUT2D eigenvalue weighted by atomic mass is 16.6. The van der Waals surface area contributed by atoms with Gasteiger partial charge in [-0.2, -0.15) is 0 Å². The van der Waals surface area contributed by atoms with Gasteiger partial charge in [-0.25, -0.2) is 4.79 Å². The molecule has 23 heavy (non-hydrogen) atoms. The van der Waals surface area contributed by atoms with E-state index in [1.807, 2.05) is 34.6 Å². The van der Waals surface area contributed by atoms with Crippen LogP contribution in [0.3, 0.4) is 0 Å². The van der Waals surface area contributed by atoms with Crippen LogP contribution in [0.25, 0.3) is 0 Å². The van der Waals surface area contributed by atoms with Crippen LogP contribution in [-0.4, -0.2) is 60.0 Å². The van der Waals surface area contributed by atoms with Gasteiger partial charge in [0.1, 0.15) is 11.6 Å². The van der Waals surface area contributed by atoms with E-state index in [9.17, 15) is 9.59 Å². The number of carbonyl (C=O) groups is 2. The summed E-state index contributed by atoms with van der Waals surface area (Å²) in [4.78, 5) is 28.9. The molecule has 0 aromatic heterocycles. The predicted molar refractivity (Wildman–Crippen MR) is 90.6 cm³/mol. The Morgan fingerprint density at radius 1 is 1.39 bits per heavy atom. The zero-order valence-electron chi connectivity index (χ0n) is 15.3. The van der Waals surface area contributed by atoms with Crippen LogP contribution in [-0.2, 0) is 14.3 Å². The molecule has 2 atom stereocenters. The van der Waals surface area contributed by atoms with E-state index in [4.69, 9.17) is 11.2 Å². The van der Waals surface area contributed by atoms with Crippen molar-refractivity contribution in [2.24, 2.45) is 11.8 Å². The third-order valence-corrected chi connectivity index (χ3v) is 3.98. The molecule has 1 aliphatic rings. The average molecular weight is 322 g/mol. The number of esters is 1. The predicted octanol–water partition coefficient (Wildman–Crippen LogP) is 1.77. The second-order valence-electron chi connectivity index (χ2n) is 7.60. The van der Waals surface area contributed by atoms with Gasteiger partial charge in [-0.3, -0.25) is 9.69 Å². The monoisotopic (exact) mass is 322 g/mol. The first-order valence-electron chi connectivity index (χ1n) is 8.22. The largest absolute Gasteiger partial charge is 0.458 e. The highest BCUT2D eigenvalue weighted by Gasteiger charge is 2.37. The Balaban J connectivity index is 2.78. The van der Waals surface area contributed by atoms with Gasteiger partial charge in [0.15, 0.2) is 0 Å². The maximum atomic E-state index is 12.8. The molecule has 1 amide bonds. The maximum absolute atomic E-state index is 12.8. The summed E-state index contributed by atoms with van der Waals surface area (Å²) >= 11 is 0. The summed E-state index contributed by atoms with van der Waals surface area (Å²) in [6, 6.07) is -0.566. The lowest BCUT2D eigenvalue weighted by molar-refractivity contribution is -0.166. The van der Waals surface area contributed by atoms with Gasteiger partial charge < -0.3 is 9.64 Å². The lowest BCUT2D eigenvalue weighted by Crippen LogP contribution is -2.50. The van der Waals surface area contributed by atoms with E-state index in [-0.39, 0.29) is 23.7 Å². The molecule has 1 rings (SSSR count). The minimum Gasteiger partial charge on any atom is -0.458 e. The number of hydrogen-bond acceptors (Lipinski definition) is 4. The number of rotatable bonds is 5. The zero-order valence-corrected chi connectivity index (χ0v) is 15.3. The minimum absolute atomic E-state index is 0.00548. The maximum Gasteiger partial charge on any atom is 0.329 e. The van der Waals surface area contributed by atoms with E-state index < -0.39 is 11.6 Å². The molecule has 1 unspecified atom stereocenters. The molecule has 0 aromatic rings. The fourth-order valence-corrected chi connectivity index (χ4v) is 2.97. The molecule has 130 valence electrons. The van der Waals surface area contributed by atoms with Crippen molar-refractivity contribution in [3.63, 3.8) is 0 Å². The topological polar surface area (TPSA) is 49.9 Å². The first-order chi connectivity index (χ1) is 10.6. The van der Waals surface area contributed by atoms with E-state index in [1.165, 1.54) is 0 Å². The minimum atomic E-state index is -0.566. The third kappa shape index (κ3) is 5.54. The molecule has 0 aliphatic carbocycles. The van der Waals surface area contributed by atoms with Crippen molar-refractivity contribution in [1.29, 1.82) is 0 Å². The Labute approximate surface area is 140 Å². The molecule has 0 spiro atoms. The van der Waals surface area contributed by atoms with Crippen molar-refractivity contribution in [3.8, 4) is 12.3 Å². The molecule has 1 aliphatic heterocycles. The summed E-state index contributed by atoms with van der Waals surface area (Å²) in [5.41, 5.74) is -0.564. The number of nitrogens with zero attached hydrogens (tertiary/aromatic N) is 2. The Hall–Kier alpha value is -1.54. The normalized spacial score (nSPS) is 20.2. The smallest absolute Gasteiger partial charge is 0.329 e. The third-order valence-electron chi connectivity index (χ3n) is 3.98. The van der Waals surface area contributed by atoms with Crippen molar-refractivity contribution < 1.29 is 14.3 Å². The molecular formula is C18H30N2O3. The zero-order chi connectivity index (χ0) is 17.8. The van der Waals surface area contributed by atoms with Crippen molar-refractivity contribution in [1.82, 2.24) is 9.80 Å². The standard InChI is InChI=1S/C18H30N2O3/c1-8-10-20-11-9-14(12-20)16(21)19(7)15(13(2)3)17(22)23-18(4,5)6/h1,13-15H,9-12H2,2-7H3/t14?,15-/m0/s1. The summed E-state index contributed by atoms with van der Waals surface area (Å²) in [5.74, 6) is 2.15. The van der Waals surface area contributed by atoms with Gasteiger partial charge in [0, 0.05) is 13.6 Å². The van der Waals surface area contributed by atoms with Crippen LogP contribution in [0, 0.1) is 24.2 Å². The van der Waals surface area contributed by atoms with Crippen LogP contribution < -0.4 is 0 Å². The molecule has 5 heteroatoms. The van der Waals surface area contributed by atoms with Gasteiger partial charge in [-0.15, -0.1) is 6.42 Å². The van der Waals surface area contributed by atoms with Gasteiger partial charge in [0.25, 0.3) is 0 Å². The molecule has 0 saturated carbocycles. The first-order valence-corrected chi connectivity index (χ1v) is 8.22. The Kier molecular flexibility index (Phi) is 6.64. The molecule has 1 saturated heterocycles. The molecular weight excluding hydrogens is 292 g/mol. The van der Waals surface area contributed by atoms with Gasteiger partial charge in [-0.1, -0.05) is 19.8 Å². The van der Waals surface area contributed by atoms with Crippen LogP contribution in [0.1, 0.15) is 41.0 Å². The number of likely N-dealkylation sites (tertiary alicyclic amines) is 1. The molecule has 0 radical (unpaired) electrons. The fourth-order valence-electron chi connectivity index (χ4n) is 2.97. The number of likely N-dealkylation sites (N-methyl/N-ethyl adjacent to an activating group) is 1. The second kappa shape index (κ2) is 7.83. The van der Waals surface area contributed by atoms with Crippen LogP contribution in [0.4, 0.5) is 0 Å². The van der Waals surface area contributed by atoms with Crippen LogP contribution in [0.5, 0.6) is 0 Å². The van der Waals surface area contributed by atoms with E-state index in [1.54, 1.807) is 11.9 Å². The Morgan fingerprint density at radius 3 is 2.48 bits per heavy atom. The summed E-state index contributed by atoms with van der Waals surface area (Å²) in [7, 11) is 1.70. The number of ether oxygens (including phenoxy) is 1. The SMILES string of the molecule is C#CCN1CCC(C(=O)N(C)[C@H](C(=O)OC(C)(C)C)C(C)C)C1. The second-order valence-corrected chi connectivity index (χ2v) is 7.60. The number of hydrogen-bond donors (Lipinski definition) is 0.